The number of nitrogens with two attached hydrogens (primary N) is 1. The zero-order valence-corrected chi connectivity index (χ0v) is 6.81. The van der Waals surface area contributed by atoms with Crippen LogP contribution in [0.3, 0.4) is 0 Å². The lowest BCUT2D eigenvalue weighted by Gasteiger charge is -2.27. The number of methoxy groups -OCH3 is 1. The summed E-state index contributed by atoms with van der Waals surface area (Å²) >= 11 is 0. The lowest BCUT2D eigenvalue weighted by Crippen LogP contribution is -2.53. The highest BCUT2D eigenvalue weighted by molar-refractivity contribution is 5.98. The number of nitrogens with zero attached hydrogens (tertiary/aromatic N) is 3. The molecule has 13 heavy (non-hydrogen) atoms. The third-order valence-electron chi connectivity index (χ3n) is 1.29. The second kappa shape index (κ2) is 3.65. The van der Waals surface area contributed by atoms with Crippen LogP contribution in [0.1, 0.15) is 0 Å². The normalized spacial score (nSPS) is 21.6. The molecule has 8 heteroatoms. The number of carbonyl (C=O) groups excluding carboxylic acids is 1. The minimum Gasteiger partial charge on any atom is -0.369 e. The van der Waals surface area contributed by atoms with Gasteiger partial charge in [0, 0.05) is 7.11 Å². The summed E-state index contributed by atoms with van der Waals surface area (Å²) in [4.78, 5) is 13.7. The highest BCUT2D eigenvalue weighted by Crippen LogP contribution is 2.05. The molecule has 0 aromatic rings. The topological polar surface area (TPSA) is 116 Å². The Morgan fingerprint density at radius 2 is 2.62 bits per heavy atom. The van der Waals surface area contributed by atoms with Gasteiger partial charge >= 0.3 is 0 Å². The Morgan fingerprint density at radius 1 is 1.92 bits per heavy atom. The van der Waals surface area contributed by atoms with E-state index in [1.807, 2.05) is 0 Å². The van der Waals surface area contributed by atoms with Crippen LogP contribution >= 0.6 is 0 Å². The maximum Gasteiger partial charge on any atom is 0.258 e. The van der Waals surface area contributed by atoms with Crippen molar-refractivity contribution in [2.24, 2.45) is 15.8 Å². The van der Waals surface area contributed by atoms with Crippen molar-refractivity contribution < 1.29 is 9.53 Å². The summed E-state index contributed by atoms with van der Waals surface area (Å²) in [6, 6.07) is 0. The zero-order valence-electron chi connectivity index (χ0n) is 6.81. The van der Waals surface area contributed by atoms with Gasteiger partial charge in [-0.1, -0.05) is 5.10 Å². The summed E-state index contributed by atoms with van der Waals surface area (Å²) in [6.07, 6.45) is 0.384. The molecule has 0 saturated heterocycles. The Bertz CT molecular complexity index is 293. The van der Waals surface area contributed by atoms with Crippen LogP contribution in [-0.2, 0) is 9.53 Å². The lowest BCUT2D eigenvalue weighted by atomic mass is 10.7. The van der Waals surface area contributed by atoms with E-state index < -0.39 is 6.35 Å². The second-order valence-electron chi connectivity index (χ2n) is 2.09. The van der Waals surface area contributed by atoms with Crippen LogP contribution in [0.4, 0.5) is 0 Å². The van der Waals surface area contributed by atoms with Crippen molar-refractivity contribution in [3.8, 4) is 0 Å². The number of rotatable bonds is 2. The first kappa shape index (κ1) is 9.17. The number of hydrazone groups is 1. The number of ether oxygens (including phenoxy) is 1. The van der Waals surface area contributed by atoms with Gasteiger partial charge in [0.2, 0.25) is 5.96 Å². The molecular weight excluding hydrogens is 176 g/mol. The smallest absolute Gasteiger partial charge is 0.258 e. The van der Waals surface area contributed by atoms with Gasteiger partial charge in [-0.2, -0.15) is 10.0 Å². The van der Waals surface area contributed by atoms with E-state index in [4.69, 9.17) is 15.9 Å². The van der Waals surface area contributed by atoms with Crippen LogP contribution in [0.5, 0.6) is 0 Å². The molecule has 0 aromatic carbocycles. The van der Waals surface area contributed by atoms with E-state index in [-0.39, 0.29) is 11.9 Å². The molecule has 0 amide bonds. The average molecular weight is 184 g/mol. The number of aliphatic imine (C=N–C) groups is 1. The van der Waals surface area contributed by atoms with E-state index in [1.54, 1.807) is 0 Å². The Balaban J connectivity index is 2.93. The molecule has 8 nitrogen and oxygen atoms in total. The van der Waals surface area contributed by atoms with E-state index in [2.05, 4.69) is 15.4 Å². The first-order chi connectivity index (χ1) is 6.19. The average Bonchev–Trinajstić information content (AvgIpc) is 2.09. The summed E-state index contributed by atoms with van der Waals surface area (Å²) in [5.74, 6) is -0.156. The molecule has 1 unspecified atom stereocenters. The van der Waals surface area contributed by atoms with Crippen molar-refractivity contribution in [2.45, 2.75) is 6.35 Å². The first-order valence-electron chi connectivity index (χ1n) is 3.27. The van der Waals surface area contributed by atoms with Crippen molar-refractivity contribution in [3.63, 3.8) is 0 Å². The minimum absolute atomic E-state index is 0.0363. The number of hydrogen-bond acceptors (Lipinski definition) is 6. The molecule has 1 atom stereocenters. The van der Waals surface area contributed by atoms with Crippen molar-refractivity contribution >= 4 is 18.0 Å². The zero-order chi connectivity index (χ0) is 9.84. The fraction of sp³-hybridized carbons (Fsp3) is 0.400. The fourth-order valence-corrected chi connectivity index (χ4v) is 0.791. The Labute approximate surface area is 73.6 Å². The summed E-state index contributed by atoms with van der Waals surface area (Å²) in [6.45, 7) is 0. The van der Waals surface area contributed by atoms with E-state index >= 15 is 0 Å². The van der Waals surface area contributed by atoms with Gasteiger partial charge in [0.15, 0.2) is 5.96 Å². The summed E-state index contributed by atoms with van der Waals surface area (Å²) in [7, 11) is 1.35. The van der Waals surface area contributed by atoms with Gasteiger partial charge in [-0.05, 0) is 0 Å². The van der Waals surface area contributed by atoms with Crippen LogP contribution in [-0.4, -0.2) is 36.5 Å². The van der Waals surface area contributed by atoms with Gasteiger partial charge in [0.05, 0.1) is 0 Å². The monoisotopic (exact) mass is 184 g/mol. The van der Waals surface area contributed by atoms with Gasteiger partial charge in [-0.15, -0.1) is 0 Å². The molecule has 1 aliphatic heterocycles. The third kappa shape index (κ3) is 1.81. The minimum atomic E-state index is -0.893. The van der Waals surface area contributed by atoms with E-state index in [9.17, 15) is 4.79 Å². The fourth-order valence-electron chi connectivity index (χ4n) is 0.791. The summed E-state index contributed by atoms with van der Waals surface area (Å²) in [5, 5.41) is 13.8. The molecule has 0 aromatic heterocycles. The quantitative estimate of drug-likeness (QED) is 0.350. The van der Waals surface area contributed by atoms with Gasteiger partial charge in [0.25, 0.3) is 12.4 Å². The molecule has 0 fully saturated rings. The van der Waals surface area contributed by atoms with E-state index in [1.165, 1.54) is 13.2 Å². The highest BCUT2D eigenvalue weighted by atomic mass is 16.5. The van der Waals surface area contributed by atoms with Crippen molar-refractivity contribution in [3.05, 3.63) is 0 Å². The van der Waals surface area contributed by atoms with Crippen LogP contribution in [0.15, 0.2) is 10.1 Å². The Kier molecular flexibility index (Phi) is 2.58. The lowest BCUT2D eigenvalue weighted by molar-refractivity contribution is 0.0105. The maximum absolute atomic E-state index is 9.97. The maximum atomic E-state index is 9.97. The molecule has 1 rings (SSSR count). The first-order valence-corrected chi connectivity index (χ1v) is 3.27. The SMILES string of the molecule is COC1N=C(N)NC(=N)N1N=C=O. The van der Waals surface area contributed by atoms with Crippen LogP contribution in [0, 0.1) is 5.41 Å². The third-order valence-corrected chi connectivity index (χ3v) is 1.29. The molecule has 0 bridgehead atoms. The molecule has 0 radical (unpaired) electrons. The largest absolute Gasteiger partial charge is 0.369 e. The summed E-state index contributed by atoms with van der Waals surface area (Å²) in [5.41, 5.74) is 5.30. The second-order valence-corrected chi connectivity index (χ2v) is 2.09. The molecule has 0 aliphatic carbocycles. The van der Waals surface area contributed by atoms with Gasteiger partial charge < -0.3 is 10.5 Å². The Hall–Kier alpha value is -1.92. The van der Waals surface area contributed by atoms with E-state index in [0.29, 0.717) is 0 Å². The van der Waals surface area contributed by atoms with E-state index in [0.717, 1.165) is 5.01 Å². The highest BCUT2D eigenvalue weighted by Gasteiger charge is 2.25. The van der Waals surface area contributed by atoms with Crippen LogP contribution in [0.25, 0.3) is 0 Å². The molecule has 0 saturated carbocycles. The predicted octanol–water partition coefficient (Wildman–Crippen LogP) is -1.68. The number of nitrogens with one attached hydrogen (secondary N) is 2. The van der Waals surface area contributed by atoms with Crippen molar-refractivity contribution in [1.29, 1.82) is 5.41 Å². The molecule has 1 heterocycles. The standard InChI is InChI=1S/C5H8N6O2/c1-13-5-10-3(6)9-4(7)11(5)8-2-12/h5H,1H3,(H4,6,7,9,10). The van der Waals surface area contributed by atoms with Gasteiger partial charge in [-0.3, -0.25) is 10.7 Å². The van der Waals surface area contributed by atoms with Crippen molar-refractivity contribution in [1.82, 2.24) is 10.3 Å². The predicted molar refractivity (Wildman–Crippen MR) is 43.2 cm³/mol. The molecule has 0 spiro atoms. The van der Waals surface area contributed by atoms with Gasteiger partial charge in [-0.25, -0.2) is 4.79 Å². The molecule has 4 N–H and O–H groups in total. The molecule has 1 aliphatic rings. The number of guanidine groups is 2. The van der Waals surface area contributed by atoms with Crippen molar-refractivity contribution in [2.75, 3.05) is 7.11 Å². The van der Waals surface area contributed by atoms with Crippen LogP contribution < -0.4 is 11.1 Å². The van der Waals surface area contributed by atoms with Crippen LogP contribution in [0.2, 0.25) is 0 Å². The summed E-state index contributed by atoms with van der Waals surface area (Å²) < 4.78 is 4.80. The molecular formula is C5H8N6O2. The molecule has 70 valence electrons. The number of hydrogen-bond donors (Lipinski definition) is 3. The Morgan fingerprint density at radius 3 is 3.15 bits per heavy atom. The van der Waals surface area contributed by atoms with Gasteiger partial charge in [0.1, 0.15) is 0 Å². The number of isocyanates is 1.